The van der Waals surface area contributed by atoms with Crippen molar-refractivity contribution in [2.45, 2.75) is 25.0 Å². The van der Waals surface area contributed by atoms with E-state index in [9.17, 15) is 14.7 Å². The number of nitrogens with one attached hydrogen (secondary N) is 2. The lowest BCUT2D eigenvalue weighted by atomic mass is 10.1. The quantitative estimate of drug-likeness (QED) is 0.276. The van der Waals surface area contributed by atoms with Crippen LogP contribution in [0.2, 0.25) is 0 Å². The molecule has 0 saturated carbocycles. The number of carbonyl (C=O) groups is 2. The Morgan fingerprint density at radius 3 is 2.62 bits per heavy atom. The molecule has 8 nitrogen and oxygen atoms in total. The summed E-state index contributed by atoms with van der Waals surface area (Å²) in [6.45, 7) is 2.03. The van der Waals surface area contributed by atoms with Crippen molar-refractivity contribution in [1.29, 1.82) is 0 Å². The van der Waals surface area contributed by atoms with Gasteiger partial charge in [-0.25, -0.2) is 9.78 Å². The molecule has 2 heterocycles. The number of thioether (sulfide) groups is 1. The lowest BCUT2D eigenvalue weighted by molar-refractivity contribution is -0.131. The molecule has 9 heteroatoms. The average molecular weight is 448 g/mol. The van der Waals surface area contributed by atoms with Crippen molar-refractivity contribution in [3.05, 3.63) is 77.1 Å². The first-order valence-electron chi connectivity index (χ1n) is 10.0. The van der Waals surface area contributed by atoms with Crippen molar-refractivity contribution >= 4 is 46.3 Å². The highest BCUT2D eigenvalue weighted by Gasteiger charge is 2.16. The number of benzene rings is 2. The SMILES string of the molecule is CCc1nc(S/C(=C\c2cn(CC(=O)Nc3ccccc3)c3ccccc23)C(=O)O)n[nH]1. The molecule has 162 valence electrons. The minimum absolute atomic E-state index is 0.0864. The fourth-order valence-electron chi connectivity index (χ4n) is 3.25. The highest BCUT2D eigenvalue weighted by atomic mass is 32.2. The smallest absolute Gasteiger partial charge is 0.342 e. The average Bonchev–Trinajstić information content (AvgIpc) is 3.39. The molecule has 0 atom stereocenters. The van der Waals surface area contributed by atoms with Crippen LogP contribution in [0.25, 0.3) is 17.0 Å². The summed E-state index contributed by atoms with van der Waals surface area (Å²) in [5, 5.41) is 20.6. The third-order valence-electron chi connectivity index (χ3n) is 4.74. The number of amides is 1. The number of aromatic nitrogens is 4. The summed E-state index contributed by atoms with van der Waals surface area (Å²) >= 11 is 0.981. The van der Waals surface area contributed by atoms with Crippen LogP contribution < -0.4 is 5.32 Å². The normalized spacial score (nSPS) is 11.6. The van der Waals surface area contributed by atoms with Crippen molar-refractivity contribution in [2.24, 2.45) is 0 Å². The Labute approximate surface area is 188 Å². The van der Waals surface area contributed by atoms with Crippen molar-refractivity contribution in [3.63, 3.8) is 0 Å². The molecule has 2 aromatic heterocycles. The van der Waals surface area contributed by atoms with Crippen LogP contribution in [0.1, 0.15) is 18.3 Å². The van der Waals surface area contributed by atoms with Crippen LogP contribution in [-0.2, 0) is 22.6 Å². The maximum Gasteiger partial charge on any atom is 0.342 e. The van der Waals surface area contributed by atoms with Gasteiger partial charge in [-0.15, -0.1) is 5.10 Å². The van der Waals surface area contributed by atoms with Crippen LogP contribution in [0.3, 0.4) is 0 Å². The number of aliphatic carboxylic acids is 1. The first kappa shape index (κ1) is 21.4. The predicted molar refractivity (Wildman–Crippen MR) is 124 cm³/mol. The zero-order chi connectivity index (χ0) is 22.5. The highest BCUT2D eigenvalue weighted by Crippen LogP contribution is 2.29. The number of hydrogen-bond donors (Lipinski definition) is 3. The van der Waals surface area contributed by atoms with Crippen molar-refractivity contribution in [3.8, 4) is 0 Å². The fourth-order valence-corrected chi connectivity index (χ4v) is 3.97. The third kappa shape index (κ3) is 4.89. The number of carboxylic acids is 1. The van der Waals surface area contributed by atoms with Gasteiger partial charge in [-0.1, -0.05) is 43.3 Å². The van der Waals surface area contributed by atoms with E-state index in [1.54, 1.807) is 12.3 Å². The van der Waals surface area contributed by atoms with Gasteiger partial charge in [0.15, 0.2) is 0 Å². The van der Waals surface area contributed by atoms with Crippen LogP contribution in [0, 0.1) is 0 Å². The molecule has 1 amide bonds. The number of anilines is 1. The van der Waals surface area contributed by atoms with E-state index in [0.29, 0.717) is 23.0 Å². The Bertz CT molecular complexity index is 1290. The lowest BCUT2D eigenvalue weighted by Gasteiger charge is -2.07. The second-order valence-corrected chi connectivity index (χ2v) is 7.99. The number of hydrogen-bond acceptors (Lipinski definition) is 5. The first-order valence-corrected chi connectivity index (χ1v) is 10.8. The van der Waals surface area contributed by atoms with Crippen molar-refractivity contribution < 1.29 is 14.7 Å². The fraction of sp³-hybridized carbons (Fsp3) is 0.130. The Hall–Kier alpha value is -3.85. The van der Waals surface area contributed by atoms with Gasteiger partial charge in [0.1, 0.15) is 17.3 Å². The molecular weight excluding hydrogens is 426 g/mol. The largest absolute Gasteiger partial charge is 0.477 e. The first-order chi connectivity index (χ1) is 15.5. The van der Waals surface area contributed by atoms with E-state index in [1.807, 2.05) is 66.1 Å². The zero-order valence-corrected chi connectivity index (χ0v) is 18.1. The Balaban J connectivity index is 1.63. The standard InChI is InChI=1S/C23H21N5O3S/c1-2-20-25-23(27-26-20)32-19(22(30)31)12-15-13-28(18-11-7-6-10-17(15)18)14-21(29)24-16-8-4-3-5-9-16/h3-13H,2,14H2,1H3,(H,24,29)(H,30,31)(H,25,26,27)/b19-12-. The lowest BCUT2D eigenvalue weighted by Crippen LogP contribution is -2.18. The van der Waals surface area contributed by atoms with E-state index in [2.05, 4.69) is 20.5 Å². The summed E-state index contributed by atoms with van der Waals surface area (Å²) < 4.78 is 1.81. The third-order valence-corrected chi connectivity index (χ3v) is 5.61. The number of H-pyrrole nitrogens is 1. The van der Waals surface area contributed by atoms with Gasteiger partial charge in [-0.3, -0.25) is 9.89 Å². The number of para-hydroxylation sites is 2. The molecule has 0 bridgehead atoms. The maximum atomic E-state index is 12.6. The molecule has 4 rings (SSSR count). The van der Waals surface area contributed by atoms with Crippen molar-refractivity contribution in [2.75, 3.05) is 5.32 Å². The van der Waals surface area contributed by atoms with Crippen LogP contribution in [0.4, 0.5) is 5.69 Å². The molecule has 0 radical (unpaired) electrons. The van der Waals surface area contributed by atoms with Gasteiger partial charge in [0.25, 0.3) is 0 Å². The van der Waals surface area contributed by atoms with Gasteiger partial charge < -0.3 is 15.0 Å². The number of carbonyl (C=O) groups excluding carboxylic acids is 1. The molecule has 2 aromatic carbocycles. The van der Waals surface area contributed by atoms with Gasteiger partial charge in [0.2, 0.25) is 11.1 Å². The molecule has 0 fully saturated rings. The number of aromatic amines is 1. The number of nitrogens with zero attached hydrogens (tertiary/aromatic N) is 3. The van der Waals surface area contributed by atoms with Gasteiger partial charge in [-0.05, 0) is 36.0 Å². The molecule has 4 aromatic rings. The van der Waals surface area contributed by atoms with Crippen LogP contribution in [-0.4, -0.2) is 36.7 Å². The molecule has 0 aliphatic heterocycles. The number of aryl methyl sites for hydroxylation is 1. The van der Waals surface area contributed by atoms with Crippen molar-refractivity contribution in [1.82, 2.24) is 19.7 Å². The van der Waals surface area contributed by atoms with E-state index in [0.717, 1.165) is 28.4 Å². The summed E-state index contributed by atoms with van der Waals surface area (Å²) in [5.74, 6) is -0.553. The molecule has 3 N–H and O–H groups in total. The summed E-state index contributed by atoms with van der Waals surface area (Å²) in [6.07, 6.45) is 4.05. The topological polar surface area (TPSA) is 113 Å². The van der Waals surface area contributed by atoms with Crippen LogP contribution in [0.5, 0.6) is 0 Å². The summed E-state index contributed by atoms with van der Waals surface area (Å²) in [5.41, 5.74) is 2.25. The molecule has 0 saturated heterocycles. The monoisotopic (exact) mass is 447 g/mol. The molecule has 0 spiro atoms. The second kappa shape index (κ2) is 9.52. The summed E-state index contributed by atoms with van der Waals surface area (Å²) in [4.78, 5) is 28.8. The minimum Gasteiger partial charge on any atom is -0.477 e. The Kier molecular flexibility index (Phi) is 6.37. The van der Waals surface area contributed by atoms with Gasteiger partial charge in [-0.2, -0.15) is 0 Å². The molecular formula is C23H21N5O3S. The zero-order valence-electron chi connectivity index (χ0n) is 17.3. The molecule has 0 aliphatic rings. The number of rotatable bonds is 8. The van der Waals surface area contributed by atoms with Gasteiger partial charge in [0, 0.05) is 34.8 Å². The van der Waals surface area contributed by atoms with Gasteiger partial charge in [0.05, 0.1) is 0 Å². The molecule has 0 aliphatic carbocycles. The number of fused-ring (bicyclic) bond motifs is 1. The van der Waals surface area contributed by atoms with Crippen LogP contribution in [0.15, 0.2) is 70.9 Å². The minimum atomic E-state index is -1.07. The predicted octanol–water partition coefficient (Wildman–Crippen LogP) is 4.18. The Morgan fingerprint density at radius 1 is 1.16 bits per heavy atom. The second-order valence-electron chi connectivity index (χ2n) is 6.98. The van der Waals surface area contributed by atoms with E-state index >= 15 is 0 Å². The Morgan fingerprint density at radius 2 is 1.91 bits per heavy atom. The van der Waals surface area contributed by atoms with Crippen LogP contribution >= 0.6 is 11.8 Å². The summed E-state index contributed by atoms with van der Waals surface area (Å²) in [6, 6.07) is 16.8. The maximum absolute atomic E-state index is 12.6. The number of carboxylic acid groups (broad SMARTS) is 1. The molecule has 32 heavy (non-hydrogen) atoms. The molecule has 0 unspecified atom stereocenters. The van der Waals surface area contributed by atoms with E-state index in [-0.39, 0.29) is 17.4 Å². The van der Waals surface area contributed by atoms with E-state index in [4.69, 9.17) is 0 Å². The summed E-state index contributed by atoms with van der Waals surface area (Å²) in [7, 11) is 0. The van der Waals surface area contributed by atoms with Gasteiger partial charge >= 0.3 is 5.97 Å². The highest BCUT2D eigenvalue weighted by molar-refractivity contribution is 8.04. The van der Waals surface area contributed by atoms with E-state index < -0.39 is 5.97 Å². The van der Waals surface area contributed by atoms with E-state index in [1.165, 1.54) is 0 Å².